The van der Waals surface area contributed by atoms with Crippen molar-refractivity contribution in [3.63, 3.8) is 0 Å². The summed E-state index contributed by atoms with van der Waals surface area (Å²) in [4.78, 5) is 4.17. The first-order valence-corrected chi connectivity index (χ1v) is 6.89. The monoisotopic (exact) mass is 288 g/mol. The second-order valence-electron chi connectivity index (χ2n) is 4.02. The lowest BCUT2D eigenvalue weighted by atomic mass is 10.3. The van der Waals surface area contributed by atoms with E-state index in [0.29, 0.717) is 11.0 Å². The zero-order chi connectivity index (χ0) is 13.8. The van der Waals surface area contributed by atoms with Crippen molar-refractivity contribution in [3.8, 4) is 0 Å². The molecule has 4 nitrogen and oxygen atoms in total. The highest BCUT2D eigenvalue weighted by atomic mass is 32.2. The quantitative estimate of drug-likeness (QED) is 0.854. The lowest BCUT2D eigenvalue weighted by Gasteiger charge is -2.09. The van der Waals surface area contributed by atoms with E-state index in [0.717, 1.165) is 4.57 Å². The van der Waals surface area contributed by atoms with Gasteiger partial charge in [-0.25, -0.2) is 4.98 Å². The summed E-state index contributed by atoms with van der Waals surface area (Å²) in [5.74, 6) is 0.810. The third-order valence-corrected chi connectivity index (χ3v) is 3.70. The van der Waals surface area contributed by atoms with E-state index in [1.807, 2.05) is 0 Å². The molecule has 0 aliphatic carbocycles. The first-order valence-electron chi connectivity index (χ1n) is 5.74. The van der Waals surface area contributed by atoms with Crippen LogP contribution in [-0.2, 0) is 5.75 Å². The normalized spacial score (nSPS) is 13.3. The number of fused-ring (bicyclic) bond motifs is 1. The number of aliphatic hydroxyl groups is 2. The molecule has 2 N–H and O–H groups in total. The molecule has 0 radical (unpaired) electrons. The van der Waals surface area contributed by atoms with Crippen LogP contribution >= 0.6 is 11.8 Å². The SMILES string of the molecule is OC[C@H](O)CSCc1nc2ccccc2n1C(F)F. The summed E-state index contributed by atoms with van der Waals surface area (Å²) in [5, 5.41) is 17.9. The number of aromatic nitrogens is 2. The molecule has 0 amide bonds. The molecule has 2 aromatic rings. The zero-order valence-corrected chi connectivity index (χ0v) is 10.9. The van der Waals surface area contributed by atoms with Crippen LogP contribution in [0.4, 0.5) is 8.78 Å². The fourth-order valence-corrected chi connectivity index (χ4v) is 2.63. The van der Waals surface area contributed by atoms with Crippen molar-refractivity contribution < 1.29 is 19.0 Å². The molecule has 1 aromatic carbocycles. The Bertz CT molecular complexity index is 548. The van der Waals surface area contributed by atoms with Gasteiger partial charge in [-0.15, -0.1) is 0 Å². The fourth-order valence-electron chi connectivity index (χ4n) is 1.75. The smallest absolute Gasteiger partial charge is 0.320 e. The van der Waals surface area contributed by atoms with Crippen LogP contribution in [0, 0.1) is 0 Å². The summed E-state index contributed by atoms with van der Waals surface area (Å²) in [7, 11) is 0. The fraction of sp³-hybridized carbons (Fsp3) is 0.417. The number of thioether (sulfide) groups is 1. The maximum Gasteiger partial charge on any atom is 0.320 e. The van der Waals surface area contributed by atoms with Gasteiger partial charge >= 0.3 is 6.55 Å². The number of para-hydroxylation sites is 2. The number of hydrogen-bond acceptors (Lipinski definition) is 4. The van der Waals surface area contributed by atoms with Gasteiger partial charge in [0.1, 0.15) is 5.82 Å². The second kappa shape index (κ2) is 6.31. The van der Waals surface area contributed by atoms with E-state index in [1.165, 1.54) is 11.8 Å². The summed E-state index contributed by atoms with van der Waals surface area (Å²) in [6, 6.07) is 6.73. The van der Waals surface area contributed by atoms with Crippen molar-refractivity contribution in [2.75, 3.05) is 12.4 Å². The Morgan fingerprint density at radius 1 is 1.32 bits per heavy atom. The number of halogens is 2. The Kier molecular flexibility index (Phi) is 4.73. The van der Waals surface area contributed by atoms with Crippen LogP contribution in [0.5, 0.6) is 0 Å². The lowest BCUT2D eigenvalue weighted by molar-refractivity contribution is 0.0722. The second-order valence-corrected chi connectivity index (χ2v) is 5.05. The Hall–Kier alpha value is -1.18. The Balaban J connectivity index is 2.19. The average molecular weight is 288 g/mol. The van der Waals surface area contributed by atoms with Crippen molar-refractivity contribution in [1.29, 1.82) is 0 Å². The maximum absolute atomic E-state index is 13.1. The first-order chi connectivity index (χ1) is 9.13. The lowest BCUT2D eigenvalue weighted by Crippen LogP contribution is -2.15. The number of hydrogen-bond donors (Lipinski definition) is 2. The molecule has 0 saturated carbocycles. The highest BCUT2D eigenvalue weighted by molar-refractivity contribution is 7.98. The number of imidazole rings is 1. The predicted molar refractivity (Wildman–Crippen MR) is 70.2 cm³/mol. The van der Waals surface area contributed by atoms with Gasteiger partial charge in [0.05, 0.1) is 29.5 Å². The van der Waals surface area contributed by atoms with Crippen LogP contribution in [0.1, 0.15) is 12.4 Å². The number of rotatable bonds is 6. The van der Waals surface area contributed by atoms with Gasteiger partial charge in [0, 0.05) is 5.75 Å². The topological polar surface area (TPSA) is 58.3 Å². The minimum Gasteiger partial charge on any atom is -0.394 e. The highest BCUT2D eigenvalue weighted by Gasteiger charge is 2.17. The minimum atomic E-state index is -2.65. The van der Waals surface area contributed by atoms with Gasteiger partial charge in [-0.3, -0.25) is 4.57 Å². The molecule has 0 bridgehead atoms. The molecule has 0 fully saturated rings. The molecule has 0 spiro atoms. The summed E-state index contributed by atoms with van der Waals surface area (Å²) in [5.41, 5.74) is 0.928. The van der Waals surface area contributed by atoms with Gasteiger partial charge in [0.2, 0.25) is 0 Å². The molecule has 104 valence electrons. The van der Waals surface area contributed by atoms with Crippen LogP contribution in [0.3, 0.4) is 0 Å². The molecule has 0 saturated heterocycles. The molecule has 1 atom stereocenters. The van der Waals surface area contributed by atoms with Crippen LogP contribution in [-0.4, -0.2) is 38.2 Å². The molecular formula is C12H14F2N2O2S. The Morgan fingerprint density at radius 3 is 2.74 bits per heavy atom. The zero-order valence-electron chi connectivity index (χ0n) is 10.0. The molecular weight excluding hydrogens is 274 g/mol. The van der Waals surface area contributed by atoms with Crippen molar-refractivity contribution in [2.45, 2.75) is 18.4 Å². The average Bonchev–Trinajstić information content (AvgIpc) is 2.76. The van der Waals surface area contributed by atoms with E-state index in [2.05, 4.69) is 4.98 Å². The van der Waals surface area contributed by atoms with E-state index in [4.69, 9.17) is 5.11 Å². The van der Waals surface area contributed by atoms with Crippen molar-refractivity contribution >= 4 is 22.8 Å². The Labute approximate surface area is 113 Å². The van der Waals surface area contributed by atoms with E-state index in [1.54, 1.807) is 24.3 Å². The van der Waals surface area contributed by atoms with Gasteiger partial charge in [0.25, 0.3) is 0 Å². The molecule has 0 aliphatic heterocycles. The third kappa shape index (κ3) is 3.23. The first kappa shape index (κ1) is 14.2. The largest absolute Gasteiger partial charge is 0.394 e. The van der Waals surface area contributed by atoms with Crippen molar-refractivity contribution in [1.82, 2.24) is 9.55 Å². The summed E-state index contributed by atoms with van der Waals surface area (Å²) < 4.78 is 27.0. The van der Waals surface area contributed by atoms with Crippen LogP contribution < -0.4 is 0 Å². The van der Waals surface area contributed by atoms with Gasteiger partial charge < -0.3 is 10.2 Å². The van der Waals surface area contributed by atoms with Crippen LogP contribution in [0.2, 0.25) is 0 Å². The third-order valence-electron chi connectivity index (χ3n) is 2.62. The number of benzene rings is 1. The minimum absolute atomic E-state index is 0.260. The van der Waals surface area contributed by atoms with E-state index in [9.17, 15) is 13.9 Å². The molecule has 0 aliphatic rings. The number of aliphatic hydroxyl groups excluding tert-OH is 2. The molecule has 2 rings (SSSR count). The molecule has 1 aromatic heterocycles. The Morgan fingerprint density at radius 2 is 2.05 bits per heavy atom. The van der Waals surface area contributed by atoms with E-state index >= 15 is 0 Å². The van der Waals surface area contributed by atoms with Gasteiger partial charge in [0.15, 0.2) is 0 Å². The molecule has 19 heavy (non-hydrogen) atoms. The van der Waals surface area contributed by atoms with Crippen LogP contribution in [0.25, 0.3) is 11.0 Å². The van der Waals surface area contributed by atoms with Crippen LogP contribution in [0.15, 0.2) is 24.3 Å². The maximum atomic E-state index is 13.1. The van der Waals surface area contributed by atoms with E-state index in [-0.39, 0.29) is 23.9 Å². The molecule has 0 unspecified atom stereocenters. The van der Waals surface area contributed by atoms with Crippen molar-refractivity contribution in [2.24, 2.45) is 0 Å². The standard InChI is InChI=1S/C12H14F2N2O2S/c13-12(14)16-10-4-2-1-3-9(10)15-11(16)7-19-6-8(18)5-17/h1-4,8,12,17-18H,5-7H2/t8-/m0/s1. The molecule has 1 heterocycles. The van der Waals surface area contributed by atoms with E-state index < -0.39 is 12.7 Å². The van der Waals surface area contributed by atoms with Gasteiger partial charge in [-0.2, -0.15) is 20.5 Å². The summed E-state index contributed by atoms with van der Waals surface area (Å²) in [6.45, 7) is -2.98. The highest BCUT2D eigenvalue weighted by Crippen LogP contribution is 2.25. The van der Waals surface area contributed by atoms with Gasteiger partial charge in [-0.05, 0) is 12.1 Å². The van der Waals surface area contributed by atoms with Gasteiger partial charge in [-0.1, -0.05) is 12.1 Å². The number of alkyl halides is 2. The summed E-state index contributed by atoms with van der Waals surface area (Å²) in [6.07, 6.45) is -0.839. The summed E-state index contributed by atoms with van der Waals surface area (Å²) >= 11 is 1.26. The predicted octanol–water partition coefficient (Wildman–Crippen LogP) is 2.02. The number of nitrogens with zero attached hydrogens (tertiary/aromatic N) is 2. The molecule has 7 heteroatoms. The van der Waals surface area contributed by atoms with Crippen molar-refractivity contribution in [3.05, 3.63) is 30.1 Å².